The molecule has 0 aliphatic carbocycles. The van der Waals surface area contributed by atoms with Crippen LogP contribution in [0.25, 0.3) is 11.4 Å². The van der Waals surface area contributed by atoms with Crippen molar-refractivity contribution < 1.29 is 31.7 Å². The molecular formula is C18H16F4N6O3. The second-order valence-electron chi connectivity index (χ2n) is 6.41. The number of alkyl halides is 3. The molecular weight excluding hydrogens is 424 g/mol. The predicted octanol–water partition coefficient (Wildman–Crippen LogP) is 2.24. The molecule has 0 spiro atoms. The van der Waals surface area contributed by atoms with Crippen molar-refractivity contribution in [2.24, 2.45) is 7.05 Å². The third-order valence-electron chi connectivity index (χ3n) is 4.20. The summed E-state index contributed by atoms with van der Waals surface area (Å²) in [5.74, 6) is -2.16. The van der Waals surface area contributed by atoms with Gasteiger partial charge in [-0.2, -0.15) is 23.3 Å². The van der Waals surface area contributed by atoms with Crippen LogP contribution in [0.5, 0.6) is 0 Å². The van der Waals surface area contributed by atoms with Crippen LogP contribution in [-0.2, 0) is 18.0 Å². The van der Waals surface area contributed by atoms with Crippen molar-refractivity contribution in [3.05, 3.63) is 53.4 Å². The Morgan fingerprint density at radius 2 is 2.00 bits per heavy atom. The molecule has 0 radical (unpaired) electrons. The van der Waals surface area contributed by atoms with Gasteiger partial charge in [-0.3, -0.25) is 14.3 Å². The first-order valence-electron chi connectivity index (χ1n) is 8.80. The van der Waals surface area contributed by atoms with Crippen LogP contribution in [0.4, 0.5) is 17.6 Å². The number of nitrogens with one attached hydrogen (secondary N) is 2. The van der Waals surface area contributed by atoms with E-state index in [1.165, 1.54) is 32.3 Å². The summed E-state index contributed by atoms with van der Waals surface area (Å²) in [7, 11) is 2.54. The van der Waals surface area contributed by atoms with E-state index in [-0.39, 0.29) is 23.8 Å². The Labute approximate surface area is 172 Å². The minimum Gasteiger partial charge on any atom is -0.359 e. The van der Waals surface area contributed by atoms with Gasteiger partial charge in [-0.1, -0.05) is 17.3 Å². The largest absolute Gasteiger partial charge is 0.435 e. The van der Waals surface area contributed by atoms with E-state index in [2.05, 4.69) is 25.9 Å². The maximum Gasteiger partial charge on any atom is 0.435 e. The lowest BCUT2D eigenvalue weighted by molar-refractivity contribution is -0.141. The highest BCUT2D eigenvalue weighted by Crippen LogP contribution is 2.28. The van der Waals surface area contributed by atoms with E-state index in [1.54, 1.807) is 0 Å². The molecule has 0 unspecified atom stereocenters. The summed E-state index contributed by atoms with van der Waals surface area (Å²) in [6, 6.07) is 4.77. The van der Waals surface area contributed by atoms with Gasteiger partial charge in [0.25, 0.3) is 5.91 Å². The number of amides is 2. The zero-order valence-corrected chi connectivity index (χ0v) is 16.2. The number of nitrogens with zero attached hydrogens (tertiary/aromatic N) is 4. The number of hydrogen-bond donors (Lipinski definition) is 2. The van der Waals surface area contributed by atoms with Crippen molar-refractivity contribution in [1.82, 2.24) is 30.6 Å². The van der Waals surface area contributed by atoms with Gasteiger partial charge in [0.15, 0.2) is 5.69 Å². The van der Waals surface area contributed by atoms with Gasteiger partial charge in [-0.05, 0) is 12.1 Å². The summed E-state index contributed by atoms with van der Waals surface area (Å²) >= 11 is 0. The van der Waals surface area contributed by atoms with Crippen LogP contribution in [-0.4, -0.2) is 38.8 Å². The Bertz CT molecular complexity index is 1110. The normalized spacial score (nSPS) is 12.5. The molecule has 0 fully saturated rings. The van der Waals surface area contributed by atoms with Crippen LogP contribution < -0.4 is 10.6 Å². The Morgan fingerprint density at radius 3 is 2.61 bits per heavy atom. The lowest BCUT2D eigenvalue weighted by Gasteiger charge is -2.14. The molecule has 13 heteroatoms. The van der Waals surface area contributed by atoms with Crippen molar-refractivity contribution >= 4 is 11.8 Å². The Balaban J connectivity index is 1.88. The molecule has 2 aromatic heterocycles. The van der Waals surface area contributed by atoms with Crippen LogP contribution in [0.15, 0.2) is 34.9 Å². The first kappa shape index (κ1) is 21.9. The zero-order valence-electron chi connectivity index (χ0n) is 16.2. The van der Waals surface area contributed by atoms with E-state index in [9.17, 15) is 27.2 Å². The first-order valence-corrected chi connectivity index (χ1v) is 8.80. The van der Waals surface area contributed by atoms with Crippen LogP contribution in [0.1, 0.15) is 34.5 Å². The van der Waals surface area contributed by atoms with Gasteiger partial charge in [0.2, 0.25) is 17.6 Å². The maximum absolute atomic E-state index is 13.4. The average molecular weight is 440 g/mol. The van der Waals surface area contributed by atoms with Crippen molar-refractivity contribution in [3.8, 4) is 11.4 Å². The molecule has 0 aliphatic rings. The maximum atomic E-state index is 13.4. The molecule has 0 saturated heterocycles. The molecule has 9 nitrogen and oxygen atoms in total. The van der Waals surface area contributed by atoms with Crippen LogP contribution >= 0.6 is 0 Å². The zero-order chi connectivity index (χ0) is 22.8. The number of hydrogen-bond acceptors (Lipinski definition) is 6. The van der Waals surface area contributed by atoms with Crippen LogP contribution in [0, 0.1) is 5.82 Å². The topological polar surface area (TPSA) is 115 Å². The Kier molecular flexibility index (Phi) is 6.04. The molecule has 164 valence electrons. The fraction of sp³-hybridized carbons (Fsp3) is 0.278. The van der Waals surface area contributed by atoms with Gasteiger partial charge in [0, 0.05) is 25.7 Å². The number of carbonyl (C=O) groups excluding carboxylic acids is 2. The second kappa shape index (κ2) is 8.53. The molecule has 2 heterocycles. The molecule has 0 saturated carbocycles. The highest BCUT2D eigenvalue weighted by atomic mass is 19.4. The van der Waals surface area contributed by atoms with E-state index in [0.717, 1.165) is 10.7 Å². The summed E-state index contributed by atoms with van der Waals surface area (Å²) < 4.78 is 57.9. The summed E-state index contributed by atoms with van der Waals surface area (Å²) in [5.41, 5.74) is -1.34. The molecule has 0 bridgehead atoms. The van der Waals surface area contributed by atoms with E-state index >= 15 is 0 Å². The molecule has 0 aliphatic heterocycles. The fourth-order valence-electron chi connectivity index (χ4n) is 2.66. The van der Waals surface area contributed by atoms with Crippen molar-refractivity contribution in [2.45, 2.75) is 18.6 Å². The van der Waals surface area contributed by atoms with Gasteiger partial charge in [-0.15, -0.1) is 0 Å². The molecule has 3 aromatic rings. The Morgan fingerprint density at radius 1 is 1.26 bits per heavy atom. The van der Waals surface area contributed by atoms with E-state index in [1.807, 2.05) is 0 Å². The highest BCUT2D eigenvalue weighted by molar-refractivity contribution is 5.93. The fourth-order valence-corrected chi connectivity index (χ4v) is 2.66. The van der Waals surface area contributed by atoms with Crippen molar-refractivity contribution in [2.75, 3.05) is 7.05 Å². The third kappa shape index (κ3) is 5.05. The number of halogens is 4. The minimum absolute atomic E-state index is 0.00514. The SMILES string of the molecule is CNC(=O)C[C@@H](NC(=O)c1cc(C(F)(F)F)nn1C)c1nc(-c2cccc(F)c2)no1. The number of aromatic nitrogens is 4. The van der Waals surface area contributed by atoms with Crippen molar-refractivity contribution in [1.29, 1.82) is 0 Å². The molecule has 3 rings (SSSR count). The number of carbonyl (C=O) groups is 2. The molecule has 1 aromatic carbocycles. The van der Waals surface area contributed by atoms with E-state index in [0.29, 0.717) is 11.6 Å². The van der Waals surface area contributed by atoms with E-state index < -0.39 is 35.5 Å². The first-order chi connectivity index (χ1) is 14.6. The van der Waals surface area contributed by atoms with E-state index in [4.69, 9.17) is 4.52 Å². The lowest BCUT2D eigenvalue weighted by atomic mass is 10.1. The molecule has 2 amide bonds. The molecule has 2 N–H and O–H groups in total. The minimum atomic E-state index is -4.73. The number of rotatable bonds is 6. The smallest absolute Gasteiger partial charge is 0.359 e. The molecule has 1 atom stereocenters. The summed E-state index contributed by atoms with van der Waals surface area (Å²) in [4.78, 5) is 28.5. The quantitative estimate of drug-likeness (QED) is 0.568. The van der Waals surface area contributed by atoms with Crippen LogP contribution in [0.3, 0.4) is 0 Å². The summed E-state index contributed by atoms with van der Waals surface area (Å²) in [6.07, 6.45) is -5.07. The summed E-state index contributed by atoms with van der Waals surface area (Å²) in [6.45, 7) is 0. The Hall–Kier alpha value is -3.77. The van der Waals surface area contributed by atoms with Crippen LogP contribution in [0.2, 0.25) is 0 Å². The summed E-state index contributed by atoms with van der Waals surface area (Å²) in [5, 5.41) is 11.8. The monoisotopic (exact) mass is 440 g/mol. The van der Waals surface area contributed by atoms with Gasteiger partial charge >= 0.3 is 6.18 Å². The lowest BCUT2D eigenvalue weighted by Crippen LogP contribution is -2.34. The molecule has 31 heavy (non-hydrogen) atoms. The highest BCUT2D eigenvalue weighted by Gasteiger charge is 2.36. The van der Waals surface area contributed by atoms with Gasteiger partial charge < -0.3 is 15.2 Å². The van der Waals surface area contributed by atoms with Gasteiger partial charge in [0.1, 0.15) is 17.6 Å². The van der Waals surface area contributed by atoms with Gasteiger partial charge in [0.05, 0.1) is 6.42 Å². The van der Waals surface area contributed by atoms with Crippen molar-refractivity contribution in [3.63, 3.8) is 0 Å². The number of benzene rings is 1. The number of aryl methyl sites for hydroxylation is 1. The second-order valence-corrected chi connectivity index (χ2v) is 6.41. The third-order valence-corrected chi connectivity index (χ3v) is 4.20. The predicted molar refractivity (Wildman–Crippen MR) is 96.8 cm³/mol. The van der Waals surface area contributed by atoms with Gasteiger partial charge in [-0.25, -0.2) is 4.39 Å². The average Bonchev–Trinajstić information content (AvgIpc) is 3.34. The standard InChI is InChI=1S/C18H16F4N6O3/c1-23-14(29)7-11(17-25-15(27-31-17)9-4-3-5-10(19)6-9)24-16(30)12-8-13(18(20,21)22)26-28(12)2/h3-6,8,11H,7H2,1-2H3,(H,23,29)(H,24,30)/t11-/m1/s1.